The first kappa shape index (κ1) is 20.1. The van der Waals surface area contributed by atoms with Crippen molar-refractivity contribution in [1.82, 2.24) is 15.2 Å². The van der Waals surface area contributed by atoms with Gasteiger partial charge in [-0.2, -0.15) is 0 Å². The Morgan fingerprint density at radius 2 is 2.11 bits per heavy atom. The van der Waals surface area contributed by atoms with Crippen molar-refractivity contribution < 1.29 is 14.0 Å². The molecule has 0 spiro atoms. The normalized spacial score (nSPS) is 16.8. The monoisotopic (exact) mass is 384 g/mol. The number of hydrogen-bond acceptors (Lipinski definition) is 5. The van der Waals surface area contributed by atoms with Gasteiger partial charge in [-0.1, -0.05) is 30.3 Å². The lowest BCUT2D eigenvalue weighted by Gasteiger charge is -2.32. The number of nitrogens with zero attached hydrogens (tertiary/aromatic N) is 2. The number of nitrogens with two attached hydrogens (primary N) is 1. The van der Waals surface area contributed by atoms with Crippen LogP contribution in [0.25, 0.3) is 11.3 Å². The van der Waals surface area contributed by atoms with Gasteiger partial charge in [0.2, 0.25) is 11.8 Å². The Labute approximate surface area is 165 Å². The molecule has 0 saturated carbocycles. The molecule has 150 valence electrons. The number of carbonyl (C=O) groups is 2. The second-order valence-corrected chi connectivity index (χ2v) is 7.15. The van der Waals surface area contributed by atoms with Gasteiger partial charge in [-0.05, 0) is 19.8 Å². The van der Waals surface area contributed by atoms with E-state index in [1.165, 1.54) is 0 Å². The summed E-state index contributed by atoms with van der Waals surface area (Å²) in [4.78, 5) is 31.0. The van der Waals surface area contributed by atoms with Crippen LogP contribution in [-0.2, 0) is 16.0 Å². The second-order valence-electron chi connectivity index (χ2n) is 7.15. The maximum absolute atomic E-state index is 12.6. The highest BCUT2D eigenvalue weighted by Gasteiger charge is 2.28. The molecule has 3 N–H and O–H groups in total. The van der Waals surface area contributed by atoms with E-state index < -0.39 is 0 Å². The van der Waals surface area contributed by atoms with E-state index in [1.54, 1.807) is 4.90 Å². The standard InChI is InChI=1S/C21H28N4O3/c1-15-20(16-6-3-2-4-7-16)28-18(24-15)9-10-19(26)25-13-5-8-17(14-25)21(27)23-12-11-22/h2-4,6-7,17H,5,8-14,22H2,1H3,(H,23,27). The van der Waals surface area contributed by atoms with Gasteiger partial charge in [-0.3, -0.25) is 9.59 Å². The maximum Gasteiger partial charge on any atom is 0.224 e. The molecule has 28 heavy (non-hydrogen) atoms. The lowest BCUT2D eigenvalue weighted by molar-refractivity contribution is -0.135. The Morgan fingerprint density at radius 1 is 1.32 bits per heavy atom. The van der Waals surface area contributed by atoms with Gasteiger partial charge in [0.1, 0.15) is 0 Å². The van der Waals surface area contributed by atoms with Gasteiger partial charge in [0.15, 0.2) is 11.7 Å². The molecule has 1 unspecified atom stereocenters. The van der Waals surface area contributed by atoms with Crippen LogP contribution in [0, 0.1) is 12.8 Å². The van der Waals surface area contributed by atoms with Gasteiger partial charge >= 0.3 is 0 Å². The molecule has 0 radical (unpaired) electrons. The molecular formula is C21H28N4O3. The fourth-order valence-corrected chi connectivity index (χ4v) is 3.55. The highest BCUT2D eigenvalue weighted by atomic mass is 16.4. The average molecular weight is 384 g/mol. The molecule has 0 aliphatic carbocycles. The van der Waals surface area contributed by atoms with Crippen molar-refractivity contribution in [1.29, 1.82) is 0 Å². The fraction of sp³-hybridized carbons (Fsp3) is 0.476. The molecule has 3 rings (SSSR count). The predicted molar refractivity (Wildman–Crippen MR) is 106 cm³/mol. The first-order chi connectivity index (χ1) is 13.6. The minimum atomic E-state index is -0.155. The number of benzene rings is 1. The quantitative estimate of drug-likeness (QED) is 0.759. The van der Waals surface area contributed by atoms with Crippen molar-refractivity contribution in [3.8, 4) is 11.3 Å². The predicted octanol–water partition coefficient (Wildman–Crippen LogP) is 1.90. The average Bonchev–Trinajstić information content (AvgIpc) is 3.11. The summed E-state index contributed by atoms with van der Waals surface area (Å²) in [5, 5.41) is 2.82. The van der Waals surface area contributed by atoms with Gasteiger partial charge < -0.3 is 20.4 Å². The molecule has 2 aromatic rings. The van der Waals surface area contributed by atoms with E-state index in [2.05, 4.69) is 10.3 Å². The third-order valence-corrected chi connectivity index (χ3v) is 5.02. The number of oxazole rings is 1. The lowest BCUT2D eigenvalue weighted by atomic mass is 9.96. The zero-order valence-corrected chi connectivity index (χ0v) is 16.3. The van der Waals surface area contributed by atoms with Gasteiger partial charge in [0, 0.05) is 44.6 Å². The van der Waals surface area contributed by atoms with E-state index in [-0.39, 0.29) is 17.7 Å². The number of hydrogen-bond donors (Lipinski definition) is 2. The first-order valence-corrected chi connectivity index (χ1v) is 9.85. The summed E-state index contributed by atoms with van der Waals surface area (Å²) in [6.45, 7) is 3.96. The summed E-state index contributed by atoms with van der Waals surface area (Å²) in [5.74, 6) is 1.18. The van der Waals surface area contributed by atoms with Crippen molar-refractivity contribution in [2.45, 2.75) is 32.6 Å². The smallest absolute Gasteiger partial charge is 0.224 e. The number of aryl methyl sites for hydroxylation is 2. The van der Waals surface area contributed by atoms with E-state index in [9.17, 15) is 9.59 Å². The van der Waals surface area contributed by atoms with Crippen LogP contribution in [0.3, 0.4) is 0 Å². The van der Waals surface area contributed by atoms with Crippen molar-refractivity contribution in [3.05, 3.63) is 41.9 Å². The van der Waals surface area contributed by atoms with Gasteiger partial charge in [-0.15, -0.1) is 0 Å². The summed E-state index contributed by atoms with van der Waals surface area (Å²) in [6.07, 6.45) is 2.42. The lowest BCUT2D eigenvalue weighted by Crippen LogP contribution is -2.46. The summed E-state index contributed by atoms with van der Waals surface area (Å²) in [6, 6.07) is 9.82. The third-order valence-electron chi connectivity index (χ3n) is 5.02. The van der Waals surface area contributed by atoms with Crippen LogP contribution < -0.4 is 11.1 Å². The number of piperidine rings is 1. The third kappa shape index (κ3) is 4.98. The highest BCUT2D eigenvalue weighted by Crippen LogP contribution is 2.25. The van der Waals surface area contributed by atoms with Crippen LogP contribution in [0.5, 0.6) is 0 Å². The van der Waals surface area contributed by atoms with Crippen LogP contribution >= 0.6 is 0 Å². The Bertz CT molecular complexity index is 803. The Balaban J connectivity index is 1.55. The van der Waals surface area contributed by atoms with Gasteiger partial charge in [0.25, 0.3) is 0 Å². The number of carbonyl (C=O) groups excluding carboxylic acids is 2. The Hall–Kier alpha value is -2.67. The van der Waals surface area contributed by atoms with Crippen molar-refractivity contribution in [2.75, 3.05) is 26.2 Å². The minimum absolute atomic E-state index is 0.0150. The van der Waals surface area contributed by atoms with Crippen molar-refractivity contribution in [3.63, 3.8) is 0 Å². The summed E-state index contributed by atoms with van der Waals surface area (Å²) in [5.41, 5.74) is 7.23. The molecule has 7 nitrogen and oxygen atoms in total. The van der Waals surface area contributed by atoms with Crippen LogP contribution in [0.15, 0.2) is 34.7 Å². The summed E-state index contributed by atoms with van der Waals surface area (Å²) < 4.78 is 5.88. The number of aromatic nitrogens is 1. The molecule has 7 heteroatoms. The fourth-order valence-electron chi connectivity index (χ4n) is 3.55. The van der Waals surface area contributed by atoms with E-state index in [1.807, 2.05) is 37.3 Å². The van der Waals surface area contributed by atoms with Crippen LogP contribution in [-0.4, -0.2) is 47.9 Å². The molecular weight excluding hydrogens is 356 g/mol. The van der Waals surface area contributed by atoms with Crippen LogP contribution in [0.1, 0.15) is 30.8 Å². The molecule has 1 aliphatic heterocycles. The molecule has 1 fully saturated rings. The second kappa shape index (κ2) is 9.50. The molecule has 0 bridgehead atoms. The number of rotatable bonds is 7. The van der Waals surface area contributed by atoms with E-state index >= 15 is 0 Å². The number of nitrogens with one attached hydrogen (secondary N) is 1. The molecule has 2 heterocycles. The number of amides is 2. The van der Waals surface area contributed by atoms with Crippen molar-refractivity contribution in [2.24, 2.45) is 11.7 Å². The van der Waals surface area contributed by atoms with Crippen LogP contribution in [0.2, 0.25) is 0 Å². The van der Waals surface area contributed by atoms with Gasteiger partial charge in [-0.25, -0.2) is 4.98 Å². The van der Waals surface area contributed by atoms with E-state index in [0.717, 1.165) is 29.9 Å². The van der Waals surface area contributed by atoms with E-state index in [0.29, 0.717) is 44.9 Å². The van der Waals surface area contributed by atoms with Crippen molar-refractivity contribution >= 4 is 11.8 Å². The zero-order chi connectivity index (χ0) is 19.9. The molecule has 2 amide bonds. The molecule has 1 aromatic heterocycles. The molecule has 1 aromatic carbocycles. The Morgan fingerprint density at radius 3 is 2.86 bits per heavy atom. The SMILES string of the molecule is Cc1nc(CCC(=O)N2CCCC(C(=O)NCCN)C2)oc1-c1ccccc1. The number of likely N-dealkylation sites (tertiary alicyclic amines) is 1. The van der Waals surface area contributed by atoms with Crippen LogP contribution in [0.4, 0.5) is 0 Å². The molecule has 1 aliphatic rings. The largest absolute Gasteiger partial charge is 0.440 e. The molecule has 1 atom stereocenters. The summed E-state index contributed by atoms with van der Waals surface area (Å²) in [7, 11) is 0. The maximum atomic E-state index is 12.6. The molecule has 1 saturated heterocycles. The first-order valence-electron chi connectivity index (χ1n) is 9.85. The van der Waals surface area contributed by atoms with E-state index in [4.69, 9.17) is 10.2 Å². The van der Waals surface area contributed by atoms with Gasteiger partial charge in [0.05, 0.1) is 11.6 Å². The summed E-state index contributed by atoms with van der Waals surface area (Å²) >= 11 is 0. The topological polar surface area (TPSA) is 101 Å². The highest BCUT2D eigenvalue weighted by molar-refractivity contribution is 5.81. The Kier molecular flexibility index (Phi) is 6.81. The zero-order valence-electron chi connectivity index (χ0n) is 16.3. The minimum Gasteiger partial charge on any atom is -0.440 e.